The molecule has 0 unspecified atom stereocenters. The van der Waals surface area contributed by atoms with Gasteiger partial charge in [-0.25, -0.2) is 19.0 Å². The molecule has 0 amide bonds. The Morgan fingerprint density at radius 1 is 1.24 bits per heavy atom. The van der Waals surface area contributed by atoms with Gasteiger partial charge in [0.25, 0.3) is 5.56 Å². The highest BCUT2D eigenvalue weighted by Crippen LogP contribution is 2.26. The third-order valence-electron chi connectivity index (χ3n) is 3.26. The number of aromatic nitrogens is 2. The lowest BCUT2D eigenvalue weighted by molar-refractivity contribution is -0.146. The van der Waals surface area contributed by atoms with Gasteiger partial charge in [-0.15, -0.1) is 11.3 Å². The van der Waals surface area contributed by atoms with E-state index in [1.807, 2.05) is 0 Å². The van der Waals surface area contributed by atoms with Gasteiger partial charge in [0.2, 0.25) is 0 Å². The molecule has 0 radical (unpaired) electrons. The molecule has 0 saturated carbocycles. The van der Waals surface area contributed by atoms with Gasteiger partial charge in [-0.3, -0.25) is 9.78 Å². The number of fused-ring (bicyclic) bond motifs is 1. The summed E-state index contributed by atoms with van der Waals surface area (Å²) in [6, 6.07) is 0. The van der Waals surface area contributed by atoms with E-state index in [0.717, 1.165) is 11.3 Å². The maximum atomic E-state index is 12.5. The Kier molecular flexibility index (Phi) is 3.25. The van der Waals surface area contributed by atoms with Crippen molar-refractivity contribution in [3.05, 3.63) is 31.3 Å². The molecule has 8 nitrogen and oxygen atoms in total. The number of nitrogens with one attached hydrogen (secondary N) is 1. The first-order valence-corrected chi connectivity index (χ1v) is 6.66. The van der Waals surface area contributed by atoms with Crippen molar-refractivity contribution in [1.82, 2.24) is 9.55 Å². The Morgan fingerprint density at radius 3 is 2.29 bits per heavy atom. The summed E-state index contributed by atoms with van der Waals surface area (Å²) < 4.78 is 0.586. The zero-order valence-electron chi connectivity index (χ0n) is 11.4. The van der Waals surface area contributed by atoms with Crippen LogP contribution in [0.1, 0.15) is 29.1 Å². The van der Waals surface area contributed by atoms with Crippen molar-refractivity contribution < 1.29 is 19.8 Å². The lowest BCUT2D eigenvalue weighted by Crippen LogP contribution is -2.50. The fraction of sp³-hybridized carbons (Fsp3) is 0.333. The van der Waals surface area contributed by atoms with Crippen molar-refractivity contribution in [2.75, 3.05) is 0 Å². The lowest BCUT2D eigenvalue weighted by atomic mass is 10.1. The minimum atomic E-state index is -1.75. The lowest BCUT2D eigenvalue weighted by Gasteiger charge is -2.21. The van der Waals surface area contributed by atoms with Crippen LogP contribution in [0, 0.1) is 6.92 Å². The van der Waals surface area contributed by atoms with Gasteiger partial charge in [0.05, 0.1) is 5.39 Å². The highest BCUT2D eigenvalue weighted by molar-refractivity contribution is 7.20. The number of aryl methyl sites for hydroxylation is 1. The number of hydrogen-bond acceptors (Lipinski definition) is 5. The average molecular weight is 312 g/mol. The molecule has 2 aromatic heterocycles. The molecule has 0 aliphatic carbocycles. The van der Waals surface area contributed by atoms with Crippen molar-refractivity contribution in [3.63, 3.8) is 0 Å². The monoisotopic (exact) mass is 312 g/mol. The second-order valence-electron chi connectivity index (χ2n) is 5.00. The molecule has 2 heterocycles. The number of carboxylic acid groups (broad SMARTS) is 2. The van der Waals surface area contributed by atoms with E-state index in [-0.39, 0.29) is 20.7 Å². The van der Waals surface area contributed by atoms with E-state index < -0.39 is 28.7 Å². The summed E-state index contributed by atoms with van der Waals surface area (Å²) in [4.78, 5) is 49.2. The van der Waals surface area contributed by atoms with Crippen LogP contribution in [-0.4, -0.2) is 31.7 Å². The average Bonchev–Trinajstić information content (AvgIpc) is 2.65. The molecule has 0 aliphatic rings. The van der Waals surface area contributed by atoms with Crippen molar-refractivity contribution in [2.24, 2.45) is 0 Å². The number of aliphatic carboxylic acids is 1. The van der Waals surface area contributed by atoms with E-state index in [1.54, 1.807) is 0 Å². The first-order chi connectivity index (χ1) is 9.59. The predicted molar refractivity (Wildman–Crippen MR) is 75.4 cm³/mol. The minimum Gasteiger partial charge on any atom is -0.480 e. The fourth-order valence-electron chi connectivity index (χ4n) is 2.02. The Balaban J connectivity index is 2.99. The first-order valence-electron chi connectivity index (χ1n) is 5.84. The third-order valence-corrected chi connectivity index (χ3v) is 4.46. The standard InChI is InChI=1S/C12H12N2O6S/c1-4-5-7(21-6(4)9(16)17)13-11(20)14(8(5)15)12(2,3)10(18)19/h1-3H3,(H,13,20)(H,16,17)(H,18,19). The number of aromatic amines is 1. The molecular weight excluding hydrogens is 300 g/mol. The molecule has 0 atom stereocenters. The van der Waals surface area contributed by atoms with Crippen LogP contribution in [0.4, 0.5) is 0 Å². The van der Waals surface area contributed by atoms with Gasteiger partial charge in [0, 0.05) is 0 Å². The number of hydrogen-bond donors (Lipinski definition) is 3. The van der Waals surface area contributed by atoms with Gasteiger partial charge in [0.15, 0.2) is 0 Å². The van der Waals surface area contributed by atoms with Crippen LogP contribution >= 0.6 is 11.3 Å². The van der Waals surface area contributed by atoms with E-state index in [4.69, 9.17) is 5.11 Å². The van der Waals surface area contributed by atoms with Crippen LogP contribution in [0.25, 0.3) is 10.2 Å². The Labute approximate surface area is 121 Å². The second-order valence-corrected chi connectivity index (χ2v) is 6.02. The Morgan fingerprint density at radius 2 is 1.81 bits per heavy atom. The van der Waals surface area contributed by atoms with E-state index in [0.29, 0.717) is 4.57 Å². The van der Waals surface area contributed by atoms with Crippen LogP contribution in [-0.2, 0) is 10.3 Å². The Bertz CT molecular complexity index is 886. The largest absolute Gasteiger partial charge is 0.480 e. The van der Waals surface area contributed by atoms with Gasteiger partial charge in [0.1, 0.15) is 15.2 Å². The van der Waals surface area contributed by atoms with E-state index in [1.165, 1.54) is 20.8 Å². The summed E-state index contributed by atoms with van der Waals surface area (Å²) in [7, 11) is 0. The van der Waals surface area contributed by atoms with E-state index in [2.05, 4.69) is 4.98 Å². The summed E-state index contributed by atoms with van der Waals surface area (Å²) in [5, 5.41) is 18.3. The quantitative estimate of drug-likeness (QED) is 0.760. The molecule has 0 aliphatic heterocycles. The van der Waals surface area contributed by atoms with Crippen molar-refractivity contribution >= 4 is 33.5 Å². The highest BCUT2D eigenvalue weighted by atomic mass is 32.1. The first kappa shape index (κ1) is 15.0. The summed E-state index contributed by atoms with van der Waals surface area (Å²) in [6.07, 6.45) is 0. The molecule has 0 bridgehead atoms. The summed E-state index contributed by atoms with van der Waals surface area (Å²) in [6.45, 7) is 3.88. The molecule has 21 heavy (non-hydrogen) atoms. The second kappa shape index (κ2) is 4.55. The third kappa shape index (κ3) is 2.05. The van der Waals surface area contributed by atoms with Crippen LogP contribution in [0.2, 0.25) is 0 Å². The molecule has 9 heteroatoms. The van der Waals surface area contributed by atoms with Gasteiger partial charge in [-0.05, 0) is 26.3 Å². The number of H-pyrrole nitrogens is 1. The van der Waals surface area contributed by atoms with Crippen molar-refractivity contribution in [1.29, 1.82) is 0 Å². The van der Waals surface area contributed by atoms with Crippen LogP contribution < -0.4 is 11.2 Å². The molecule has 112 valence electrons. The number of carboxylic acids is 2. The number of rotatable bonds is 3. The zero-order valence-corrected chi connectivity index (χ0v) is 12.2. The Hall–Kier alpha value is -2.42. The topological polar surface area (TPSA) is 129 Å². The number of aromatic carboxylic acids is 1. The molecule has 2 rings (SSSR count). The molecule has 0 aromatic carbocycles. The SMILES string of the molecule is Cc1c(C(=O)O)sc2[nH]c(=O)n(C(C)(C)C(=O)O)c(=O)c12. The molecule has 0 saturated heterocycles. The summed E-state index contributed by atoms with van der Waals surface area (Å²) in [5.41, 5.74) is -3.25. The van der Waals surface area contributed by atoms with Crippen molar-refractivity contribution in [3.8, 4) is 0 Å². The number of carbonyl (C=O) groups is 2. The van der Waals surface area contributed by atoms with Crippen LogP contribution in [0.3, 0.4) is 0 Å². The molecule has 3 N–H and O–H groups in total. The van der Waals surface area contributed by atoms with Gasteiger partial charge in [-0.1, -0.05) is 0 Å². The summed E-state index contributed by atoms with van der Waals surface area (Å²) in [5.74, 6) is -2.56. The fourth-order valence-corrected chi connectivity index (χ4v) is 3.05. The van der Waals surface area contributed by atoms with Gasteiger partial charge >= 0.3 is 17.6 Å². The van der Waals surface area contributed by atoms with Crippen LogP contribution in [0.15, 0.2) is 9.59 Å². The molecule has 0 spiro atoms. The summed E-state index contributed by atoms with van der Waals surface area (Å²) >= 11 is 0.772. The highest BCUT2D eigenvalue weighted by Gasteiger charge is 2.34. The van der Waals surface area contributed by atoms with Crippen LogP contribution in [0.5, 0.6) is 0 Å². The molecular formula is C12H12N2O6S. The minimum absolute atomic E-state index is 0.0197. The maximum Gasteiger partial charge on any atom is 0.346 e. The predicted octanol–water partition coefficient (Wildman–Crippen LogP) is 0.578. The molecule has 2 aromatic rings. The van der Waals surface area contributed by atoms with Gasteiger partial charge < -0.3 is 10.2 Å². The molecule has 0 fully saturated rings. The van der Waals surface area contributed by atoms with Gasteiger partial charge in [-0.2, -0.15) is 0 Å². The number of thiophene rings is 1. The smallest absolute Gasteiger partial charge is 0.346 e. The number of nitrogens with zero attached hydrogens (tertiary/aromatic N) is 1. The van der Waals surface area contributed by atoms with Crippen molar-refractivity contribution in [2.45, 2.75) is 26.3 Å². The van der Waals surface area contributed by atoms with E-state index >= 15 is 0 Å². The maximum absolute atomic E-state index is 12.5. The normalized spacial score (nSPS) is 11.8. The van der Waals surface area contributed by atoms with E-state index in [9.17, 15) is 24.3 Å². The zero-order chi connectivity index (χ0) is 16.1.